The van der Waals surface area contributed by atoms with E-state index in [1.54, 1.807) is 0 Å². The molecule has 0 aliphatic carbocycles. The zero-order chi connectivity index (χ0) is 17.4. The molecule has 6 nitrogen and oxygen atoms in total. The number of rotatable bonds is 5. The van der Waals surface area contributed by atoms with Gasteiger partial charge in [-0.25, -0.2) is 4.79 Å². The Balaban J connectivity index is 1.72. The molecular weight excluding hydrogens is 336 g/mol. The first kappa shape index (κ1) is 15.7. The molecule has 7 heteroatoms. The molecule has 0 saturated heterocycles. The minimum absolute atomic E-state index is 0.0382. The molecule has 1 aromatic carbocycles. The number of aromatic nitrogens is 3. The molecule has 4 aromatic rings. The van der Waals surface area contributed by atoms with Gasteiger partial charge in [0.25, 0.3) is 0 Å². The predicted molar refractivity (Wildman–Crippen MR) is 100 cm³/mol. The van der Waals surface area contributed by atoms with E-state index < -0.39 is 0 Å². The molecule has 0 saturated carbocycles. The third kappa shape index (κ3) is 2.77. The van der Waals surface area contributed by atoms with E-state index in [0.717, 1.165) is 33.3 Å². The van der Waals surface area contributed by atoms with E-state index >= 15 is 0 Å². The summed E-state index contributed by atoms with van der Waals surface area (Å²) in [4.78, 5) is 19.1. The Bertz CT molecular complexity index is 1070. The Morgan fingerprint density at radius 3 is 2.92 bits per heavy atom. The highest BCUT2D eigenvalue weighted by Crippen LogP contribution is 2.30. The standard InChI is InChI=1S/C18H18N4O2S/c19-6-5-12-9-20-14-4-3-11(8-13(12)14)10-22-17(23)16(21-18(22)24)15-2-1-7-25-15/h1-4,7-9,20,23H,5-6,10,19H2,(H,21,24). The van der Waals surface area contributed by atoms with E-state index in [9.17, 15) is 9.90 Å². The summed E-state index contributed by atoms with van der Waals surface area (Å²) in [5, 5.41) is 13.5. The van der Waals surface area contributed by atoms with Gasteiger partial charge in [-0.1, -0.05) is 12.1 Å². The fourth-order valence-corrected chi connectivity index (χ4v) is 3.79. The number of nitrogens with one attached hydrogen (secondary N) is 2. The summed E-state index contributed by atoms with van der Waals surface area (Å²) in [5.74, 6) is -0.0382. The van der Waals surface area contributed by atoms with Gasteiger partial charge in [0.15, 0.2) is 0 Å². The third-order valence-electron chi connectivity index (χ3n) is 4.31. The molecule has 3 heterocycles. The van der Waals surface area contributed by atoms with E-state index in [-0.39, 0.29) is 11.6 Å². The van der Waals surface area contributed by atoms with Gasteiger partial charge in [0.1, 0.15) is 5.69 Å². The summed E-state index contributed by atoms with van der Waals surface area (Å²) < 4.78 is 1.35. The molecule has 5 N–H and O–H groups in total. The van der Waals surface area contributed by atoms with Crippen molar-refractivity contribution in [1.29, 1.82) is 0 Å². The van der Waals surface area contributed by atoms with E-state index in [1.807, 2.05) is 41.9 Å². The van der Waals surface area contributed by atoms with Crippen LogP contribution in [0.3, 0.4) is 0 Å². The fourth-order valence-electron chi connectivity index (χ4n) is 3.07. The number of fused-ring (bicyclic) bond motifs is 1. The van der Waals surface area contributed by atoms with Crippen molar-refractivity contribution in [3.8, 4) is 16.5 Å². The van der Waals surface area contributed by atoms with Gasteiger partial charge in [-0.05, 0) is 47.7 Å². The molecule has 0 aliphatic heterocycles. The van der Waals surface area contributed by atoms with E-state index in [2.05, 4.69) is 9.97 Å². The Morgan fingerprint density at radius 1 is 1.28 bits per heavy atom. The van der Waals surface area contributed by atoms with Gasteiger partial charge < -0.3 is 20.8 Å². The molecule has 0 spiro atoms. The molecule has 3 aromatic heterocycles. The van der Waals surface area contributed by atoms with Crippen molar-refractivity contribution in [1.82, 2.24) is 14.5 Å². The van der Waals surface area contributed by atoms with Crippen LogP contribution in [0.4, 0.5) is 0 Å². The summed E-state index contributed by atoms with van der Waals surface area (Å²) in [5.41, 5.74) is 8.95. The van der Waals surface area contributed by atoms with Crippen molar-refractivity contribution in [2.24, 2.45) is 5.73 Å². The van der Waals surface area contributed by atoms with Crippen LogP contribution < -0.4 is 11.4 Å². The number of hydrogen-bond acceptors (Lipinski definition) is 4. The van der Waals surface area contributed by atoms with Crippen LogP contribution in [0.1, 0.15) is 11.1 Å². The second-order valence-electron chi connectivity index (χ2n) is 5.92. The number of aromatic amines is 2. The molecule has 0 unspecified atom stereocenters. The van der Waals surface area contributed by atoms with Gasteiger partial charge in [0.2, 0.25) is 5.88 Å². The molecule has 0 bridgehead atoms. The molecule has 0 radical (unpaired) electrons. The number of benzene rings is 1. The topological polar surface area (TPSA) is 99.8 Å². The Kier molecular flexibility index (Phi) is 3.95. The Morgan fingerprint density at radius 2 is 2.16 bits per heavy atom. The van der Waals surface area contributed by atoms with Crippen molar-refractivity contribution in [2.75, 3.05) is 6.54 Å². The lowest BCUT2D eigenvalue weighted by molar-refractivity contribution is 0.423. The van der Waals surface area contributed by atoms with E-state index in [4.69, 9.17) is 5.73 Å². The van der Waals surface area contributed by atoms with Crippen molar-refractivity contribution < 1.29 is 5.11 Å². The van der Waals surface area contributed by atoms with Crippen molar-refractivity contribution in [2.45, 2.75) is 13.0 Å². The second kappa shape index (κ2) is 6.27. The molecule has 128 valence electrons. The number of nitrogens with two attached hydrogens (primary N) is 1. The second-order valence-corrected chi connectivity index (χ2v) is 6.87. The van der Waals surface area contributed by atoms with Gasteiger partial charge in [-0.3, -0.25) is 4.57 Å². The zero-order valence-corrected chi connectivity index (χ0v) is 14.3. The quantitative estimate of drug-likeness (QED) is 0.443. The van der Waals surface area contributed by atoms with Crippen LogP contribution in [0.5, 0.6) is 5.88 Å². The maximum absolute atomic E-state index is 12.3. The van der Waals surface area contributed by atoms with Crippen molar-refractivity contribution in [3.63, 3.8) is 0 Å². The van der Waals surface area contributed by atoms with Gasteiger partial charge in [0, 0.05) is 17.1 Å². The van der Waals surface area contributed by atoms with E-state index in [1.165, 1.54) is 15.9 Å². The average molecular weight is 354 g/mol. The molecule has 4 rings (SSSR count). The maximum atomic E-state index is 12.3. The zero-order valence-electron chi connectivity index (χ0n) is 13.5. The molecule has 0 aliphatic rings. The number of thiophene rings is 1. The van der Waals surface area contributed by atoms with Crippen molar-refractivity contribution in [3.05, 3.63) is 63.5 Å². The van der Waals surface area contributed by atoms with E-state index in [0.29, 0.717) is 18.8 Å². The summed E-state index contributed by atoms with van der Waals surface area (Å²) in [6, 6.07) is 9.73. The third-order valence-corrected chi connectivity index (χ3v) is 5.20. The van der Waals surface area contributed by atoms with Crippen LogP contribution in [0.2, 0.25) is 0 Å². The smallest absolute Gasteiger partial charge is 0.329 e. The van der Waals surface area contributed by atoms with Gasteiger partial charge >= 0.3 is 5.69 Å². The first-order valence-electron chi connectivity index (χ1n) is 8.02. The normalized spacial score (nSPS) is 11.4. The summed E-state index contributed by atoms with van der Waals surface area (Å²) in [7, 11) is 0. The number of imidazole rings is 1. The van der Waals surface area contributed by atoms with Crippen LogP contribution in [-0.2, 0) is 13.0 Å². The summed E-state index contributed by atoms with van der Waals surface area (Å²) >= 11 is 1.47. The minimum Gasteiger partial charge on any atom is -0.493 e. The van der Waals surface area contributed by atoms with Crippen LogP contribution in [0, 0.1) is 0 Å². The van der Waals surface area contributed by atoms with Crippen molar-refractivity contribution >= 4 is 22.2 Å². The number of aromatic hydroxyl groups is 1. The predicted octanol–water partition coefficient (Wildman–Crippen LogP) is 2.64. The number of H-pyrrole nitrogens is 2. The lowest BCUT2D eigenvalue weighted by Crippen LogP contribution is -2.17. The largest absolute Gasteiger partial charge is 0.493 e. The summed E-state index contributed by atoms with van der Waals surface area (Å²) in [6.07, 6.45) is 2.76. The molecule has 0 fully saturated rings. The van der Waals surface area contributed by atoms with Crippen LogP contribution >= 0.6 is 11.3 Å². The van der Waals surface area contributed by atoms with Gasteiger partial charge in [-0.15, -0.1) is 11.3 Å². The molecule has 0 amide bonds. The first-order chi connectivity index (χ1) is 12.2. The summed E-state index contributed by atoms with van der Waals surface area (Å²) in [6.45, 7) is 0.884. The molecule has 25 heavy (non-hydrogen) atoms. The Labute approximate surface area is 147 Å². The lowest BCUT2D eigenvalue weighted by atomic mass is 10.1. The monoisotopic (exact) mass is 354 g/mol. The highest BCUT2D eigenvalue weighted by molar-refractivity contribution is 7.13. The SMILES string of the molecule is NCCc1c[nH]c2ccc(Cn3c(O)c(-c4cccs4)[nH]c3=O)cc12. The average Bonchev–Trinajstić information content (AvgIpc) is 3.32. The Hall–Kier alpha value is -2.77. The van der Waals surface area contributed by atoms with Crippen LogP contribution in [-0.4, -0.2) is 26.2 Å². The fraction of sp³-hybridized carbons (Fsp3) is 0.167. The number of hydrogen-bond donors (Lipinski definition) is 4. The maximum Gasteiger partial charge on any atom is 0.329 e. The van der Waals surface area contributed by atoms with Crippen LogP contribution in [0.25, 0.3) is 21.5 Å². The minimum atomic E-state index is -0.322. The van der Waals surface area contributed by atoms with Gasteiger partial charge in [0.05, 0.1) is 11.4 Å². The molecule has 0 atom stereocenters. The first-order valence-corrected chi connectivity index (χ1v) is 8.90. The highest BCUT2D eigenvalue weighted by Gasteiger charge is 2.16. The highest BCUT2D eigenvalue weighted by atomic mass is 32.1. The number of nitrogens with zero attached hydrogens (tertiary/aromatic N) is 1. The molecular formula is C18H18N4O2S. The van der Waals surface area contributed by atoms with Gasteiger partial charge in [-0.2, -0.15) is 0 Å². The van der Waals surface area contributed by atoms with Crippen LogP contribution in [0.15, 0.2) is 46.7 Å². The lowest BCUT2D eigenvalue weighted by Gasteiger charge is -2.05.